The predicted octanol–water partition coefficient (Wildman–Crippen LogP) is 5.86. The summed E-state index contributed by atoms with van der Waals surface area (Å²) in [4.78, 5) is 77.8. The molecule has 0 radical (unpaired) electrons. The summed E-state index contributed by atoms with van der Waals surface area (Å²) in [6, 6.07) is 15.7. The van der Waals surface area contributed by atoms with Crippen LogP contribution in [-0.4, -0.2) is 112 Å². The number of nitrogens with zero attached hydrogens (tertiary/aromatic N) is 5. The Morgan fingerprint density at radius 3 is 2.53 bits per heavy atom. The number of fused-ring (bicyclic) bond motifs is 6. The highest BCUT2D eigenvalue weighted by Crippen LogP contribution is 2.41. The van der Waals surface area contributed by atoms with E-state index in [2.05, 4.69) is 78.4 Å². The van der Waals surface area contributed by atoms with E-state index in [4.69, 9.17) is 14.5 Å². The quantitative estimate of drug-likeness (QED) is 0.163. The lowest BCUT2D eigenvalue weighted by Crippen LogP contribution is -2.62. The first-order chi connectivity index (χ1) is 31.4. The lowest BCUT2D eigenvalue weighted by atomic mass is 9.84. The molecule has 14 heteroatoms. The van der Waals surface area contributed by atoms with Gasteiger partial charge in [-0.3, -0.25) is 34.0 Å². The maximum absolute atomic E-state index is 14.7. The molecule has 3 aliphatic rings. The monoisotopic (exact) mass is 899 g/mol. The highest BCUT2D eigenvalue weighted by molar-refractivity contribution is 5.97. The molecule has 0 saturated carbocycles. The van der Waals surface area contributed by atoms with Gasteiger partial charge in [0.25, 0.3) is 11.8 Å². The van der Waals surface area contributed by atoms with Crippen molar-refractivity contribution in [1.82, 2.24) is 35.1 Å². The Hall–Kier alpha value is -6.04. The highest BCUT2D eigenvalue weighted by Gasteiger charge is 2.42. The van der Waals surface area contributed by atoms with Gasteiger partial charge < -0.3 is 29.2 Å². The molecular formula is C52H65N7O7. The van der Waals surface area contributed by atoms with E-state index < -0.39 is 47.2 Å². The standard InChI is InChI=1S/C52H65N7O7/c1-11-15-44(60)58-28-32(4)40(29-58)49(62)57(9)46(31(2)3)48(61)54-42-25-34-16-12-17-35(24-34)36-20-21-43-38(26-36)39(47(56(43)8)37-18-13-22-53-45(37)33(5)65-10)27-52(6,7)30-66-51(64)41-19-14-23-59(55-41)50(42)63/h12-13,16-18,20-22,24,26,31-33,40-42,46,55H,14,19,23,25,27-30H2,1-10H3,(H,54,61)/t32-,33-,40+,41-,42-,46?/m0/s1. The predicted molar refractivity (Wildman–Crippen MR) is 253 cm³/mol. The van der Waals surface area contributed by atoms with E-state index in [0.717, 1.165) is 50.1 Å². The summed E-state index contributed by atoms with van der Waals surface area (Å²) in [6.07, 6.45) is 3.26. The van der Waals surface area contributed by atoms with Crippen LogP contribution in [0.4, 0.5) is 0 Å². The number of nitrogens with one attached hydrogen (secondary N) is 2. The molecule has 2 fully saturated rings. The maximum atomic E-state index is 14.7. The molecule has 6 atom stereocenters. The number of benzene rings is 2. The number of pyridine rings is 1. The molecule has 0 aliphatic carbocycles. The zero-order valence-corrected chi connectivity index (χ0v) is 40.1. The minimum Gasteiger partial charge on any atom is -0.464 e. The number of likely N-dealkylation sites (N-methyl/N-ethyl adjacent to an activating group) is 1. The molecule has 2 aromatic carbocycles. The molecular weight excluding hydrogens is 835 g/mol. The fourth-order valence-electron chi connectivity index (χ4n) is 10.0. The van der Waals surface area contributed by atoms with Crippen LogP contribution in [0.3, 0.4) is 0 Å². The normalized spacial score (nSPS) is 21.9. The second-order valence-electron chi connectivity index (χ2n) is 19.5. The third-order valence-electron chi connectivity index (χ3n) is 13.6. The minimum atomic E-state index is -1.06. The molecule has 3 aliphatic heterocycles. The Balaban J connectivity index is 1.27. The maximum Gasteiger partial charge on any atom is 0.324 e. The molecule has 1 unspecified atom stereocenters. The minimum absolute atomic E-state index is 0.131. The van der Waals surface area contributed by atoms with Crippen molar-refractivity contribution in [2.24, 2.45) is 30.2 Å². The number of rotatable bonds is 8. The van der Waals surface area contributed by atoms with Crippen LogP contribution >= 0.6 is 0 Å². The van der Waals surface area contributed by atoms with E-state index in [1.807, 2.05) is 52.0 Å². The average molecular weight is 900 g/mol. The van der Waals surface area contributed by atoms with E-state index in [-0.39, 0.29) is 49.3 Å². The van der Waals surface area contributed by atoms with Crippen LogP contribution in [0.15, 0.2) is 60.8 Å². The number of aryl methyl sites for hydroxylation is 1. The molecule has 0 spiro atoms. The lowest BCUT2D eigenvalue weighted by Gasteiger charge is -2.37. The third-order valence-corrected chi connectivity index (χ3v) is 13.6. The molecule has 4 amide bonds. The first-order valence-electron chi connectivity index (χ1n) is 23.1. The van der Waals surface area contributed by atoms with Crippen molar-refractivity contribution < 1.29 is 33.4 Å². The Kier molecular flexibility index (Phi) is 14.4. The number of likely N-dealkylation sites (tertiary alicyclic amines) is 1. The van der Waals surface area contributed by atoms with Crippen molar-refractivity contribution in [3.8, 4) is 34.2 Å². The molecule has 6 bridgehead atoms. The number of aromatic nitrogens is 2. The number of ether oxygens (including phenoxy) is 2. The summed E-state index contributed by atoms with van der Waals surface area (Å²) in [7, 11) is 5.36. The van der Waals surface area contributed by atoms with E-state index in [0.29, 0.717) is 32.4 Å². The topological polar surface area (TPSA) is 155 Å². The molecule has 14 nitrogen and oxygen atoms in total. The number of carbonyl (C=O) groups excluding carboxylic acids is 5. The summed E-state index contributed by atoms with van der Waals surface area (Å²) >= 11 is 0. The van der Waals surface area contributed by atoms with E-state index >= 15 is 0 Å². The molecule has 66 heavy (non-hydrogen) atoms. The van der Waals surface area contributed by atoms with Crippen LogP contribution in [0.2, 0.25) is 0 Å². The summed E-state index contributed by atoms with van der Waals surface area (Å²) < 4.78 is 14.1. The van der Waals surface area contributed by atoms with Crippen molar-refractivity contribution in [2.75, 3.05) is 40.4 Å². The number of hydrogen-bond donors (Lipinski definition) is 2. The van der Waals surface area contributed by atoms with Gasteiger partial charge in [0.15, 0.2) is 0 Å². The number of amides is 4. The first-order valence-corrected chi connectivity index (χ1v) is 23.1. The summed E-state index contributed by atoms with van der Waals surface area (Å²) in [5.74, 6) is 2.32. The van der Waals surface area contributed by atoms with Crippen molar-refractivity contribution >= 4 is 40.5 Å². The SMILES string of the molecule is CC#CC(=O)N1C[C@H](C)[C@H](C(=O)N(C)C(C(=O)N[C@H]2Cc3cccc(c3)-c3ccc4c(c3)c(c(-c3cccnc3[C@H](C)OC)n4C)CC(C)(C)COC(=O)[C@@H]3CCCN(N3)C2=O)C(C)C)C1. The molecule has 2 aromatic heterocycles. The number of esters is 1. The van der Waals surface area contributed by atoms with Gasteiger partial charge in [-0.25, -0.2) is 5.43 Å². The fraction of sp³-hybridized carbons (Fsp3) is 0.500. The van der Waals surface area contributed by atoms with Gasteiger partial charge in [-0.2, -0.15) is 0 Å². The van der Waals surface area contributed by atoms with Gasteiger partial charge in [0.1, 0.15) is 18.1 Å². The second kappa shape index (κ2) is 19.8. The van der Waals surface area contributed by atoms with E-state index in [1.165, 1.54) is 9.91 Å². The van der Waals surface area contributed by atoms with Gasteiger partial charge >= 0.3 is 5.97 Å². The molecule has 7 rings (SSSR count). The van der Waals surface area contributed by atoms with Crippen LogP contribution in [0.25, 0.3) is 33.3 Å². The van der Waals surface area contributed by atoms with Crippen molar-refractivity contribution in [3.63, 3.8) is 0 Å². The zero-order valence-electron chi connectivity index (χ0n) is 40.1. The Morgan fingerprint density at radius 2 is 1.80 bits per heavy atom. The van der Waals surface area contributed by atoms with Crippen molar-refractivity contribution in [3.05, 3.63) is 77.6 Å². The van der Waals surface area contributed by atoms with Crippen molar-refractivity contribution in [1.29, 1.82) is 0 Å². The summed E-state index contributed by atoms with van der Waals surface area (Å²) in [5, 5.41) is 5.56. The summed E-state index contributed by atoms with van der Waals surface area (Å²) in [5.41, 5.74) is 10.3. The molecule has 2 saturated heterocycles. The fourth-order valence-corrected chi connectivity index (χ4v) is 10.0. The van der Waals surface area contributed by atoms with Crippen LogP contribution in [-0.2, 0) is 53.3 Å². The summed E-state index contributed by atoms with van der Waals surface area (Å²) in [6.45, 7) is 14.5. The molecule has 5 heterocycles. The van der Waals surface area contributed by atoms with Gasteiger partial charge in [-0.05, 0) is 97.4 Å². The molecule has 350 valence electrons. The van der Waals surface area contributed by atoms with Crippen LogP contribution in [0.1, 0.15) is 84.2 Å². The Morgan fingerprint density at radius 1 is 1.05 bits per heavy atom. The van der Waals surface area contributed by atoms with Crippen LogP contribution < -0.4 is 10.7 Å². The first kappa shape index (κ1) is 47.9. The van der Waals surface area contributed by atoms with E-state index in [1.54, 1.807) is 32.2 Å². The van der Waals surface area contributed by atoms with Gasteiger partial charge in [0, 0.05) is 75.3 Å². The van der Waals surface area contributed by atoms with Gasteiger partial charge in [0.05, 0.1) is 30.0 Å². The van der Waals surface area contributed by atoms with Crippen LogP contribution in [0.5, 0.6) is 0 Å². The van der Waals surface area contributed by atoms with E-state index in [9.17, 15) is 24.0 Å². The Bertz CT molecular complexity index is 2570. The molecule has 4 aromatic rings. The van der Waals surface area contributed by atoms with Gasteiger partial charge in [0.2, 0.25) is 11.8 Å². The number of hydrogen-bond acceptors (Lipinski definition) is 9. The molecule has 2 N–H and O–H groups in total. The number of hydrazine groups is 1. The second-order valence-corrected chi connectivity index (χ2v) is 19.5. The lowest BCUT2D eigenvalue weighted by molar-refractivity contribution is -0.155. The van der Waals surface area contributed by atoms with Gasteiger partial charge in [-0.1, -0.05) is 70.9 Å². The number of cyclic esters (lactones) is 1. The van der Waals surface area contributed by atoms with Gasteiger partial charge in [-0.15, -0.1) is 0 Å². The smallest absolute Gasteiger partial charge is 0.324 e. The average Bonchev–Trinajstić information content (AvgIpc) is 3.82. The highest BCUT2D eigenvalue weighted by atomic mass is 16.5. The van der Waals surface area contributed by atoms with Crippen LogP contribution in [0, 0.1) is 35.0 Å². The number of methoxy groups -OCH3 is 1. The van der Waals surface area contributed by atoms with Crippen molar-refractivity contribution in [2.45, 2.75) is 98.4 Å². The largest absolute Gasteiger partial charge is 0.464 e. The number of carbonyl (C=O) groups is 5. The Labute approximate surface area is 388 Å². The zero-order chi connectivity index (χ0) is 47.6. The third kappa shape index (κ3) is 9.88.